The standard InChI is InChI=1S/C73H142O17P2/c1-6-9-12-15-18-21-24-26-28-30-33-38-43-48-53-58-72(77)89-68(62-84-71(76)57-52-47-42-37-32-29-27-25-22-19-16-13-10-7-2)64-87-91(79,80)85-60-67(74)61-86-92(81,82)88-65-69(63-83-70(75)56-51-46-41-36-31-23-20-17-14-11-8-3)90-73(78)59-54-49-44-39-34-35-40-45-50-55-66(4)5/h66-69,74H,6-65H2,1-5H3,(H,79,80)(H,81,82)/t67-,68-,69-/m1/s1. The van der Waals surface area contributed by atoms with Crippen LogP contribution in [0.2, 0.25) is 0 Å². The van der Waals surface area contributed by atoms with Crippen LogP contribution < -0.4 is 0 Å². The van der Waals surface area contributed by atoms with Crippen molar-refractivity contribution in [2.75, 3.05) is 39.6 Å². The minimum Gasteiger partial charge on any atom is -0.462 e. The van der Waals surface area contributed by atoms with E-state index >= 15 is 0 Å². The number of hydrogen-bond donors (Lipinski definition) is 3. The van der Waals surface area contributed by atoms with Gasteiger partial charge in [0.2, 0.25) is 0 Å². The first kappa shape index (κ1) is 90.1. The van der Waals surface area contributed by atoms with Crippen LogP contribution in [0.3, 0.4) is 0 Å². The summed E-state index contributed by atoms with van der Waals surface area (Å²) in [5, 5.41) is 10.6. The van der Waals surface area contributed by atoms with Gasteiger partial charge in [-0.3, -0.25) is 37.3 Å². The Balaban J connectivity index is 5.25. The predicted molar refractivity (Wildman–Crippen MR) is 372 cm³/mol. The van der Waals surface area contributed by atoms with Gasteiger partial charge >= 0.3 is 39.5 Å². The van der Waals surface area contributed by atoms with Gasteiger partial charge in [0.15, 0.2) is 12.2 Å². The van der Waals surface area contributed by atoms with E-state index in [-0.39, 0.29) is 25.7 Å². The van der Waals surface area contributed by atoms with Gasteiger partial charge in [-0.2, -0.15) is 0 Å². The molecule has 0 heterocycles. The number of carbonyl (C=O) groups is 4. The first-order valence-corrected chi connectivity index (χ1v) is 41.1. The van der Waals surface area contributed by atoms with Crippen LogP contribution in [0.4, 0.5) is 0 Å². The molecule has 0 saturated carbocycles. The lowest BCUT2D eigenvalue weighted by molar-refractivity contribution is -0.161. The van der Waals surface area contributed by atoms with Crippen molar-refractivity contribution in [3.05, 3.63) is 0 Å². The van der Waals surface area contributed by atoms with Crippen LogP contribution in [0.25, 0.3) is 0 Å². The highest BCUT2D eigenvalue weighted by molar-refractivity contribution is 7.47. The number of rotatable bonds is 73. The second kappa shape index (κ2) is 66.3. The molecule has 19 heteroatoms. The first-order valence-electron chi connectivity index (χ1n) is 38.1. The molecule has 0 bridgehead atoms. The summed E-state index contributed by atoms with van der Waals surface area (Å²) in [5.74, 6) is -1.38. The lowest BCUT2D eigenvalue weighted by Gasteiger charge is -2.21. The molecule has 5 atom stereocenters. The molecule has 0 spiro atoms. The van der Waals surface area contributed by atoms with E-state index in [1.54, 1.807) is 0 Å². The van der Waals surface area contributed by atoms with Crippen LogP contribution in [-0.2, 0) is 65.4 Å². The average molecular weight is 1350 g/mol. The van der Waals surface area contributed by atoms with Crippen LogP contribution in [0.5, 0.6) is 0 Å². The third-order valence-electron chi connectivity index (χ3n) is 17.0. The second-order valence-electron chi connectivity index (χ2n) is 26.8. The number of phosphoric ester groups is 2. The van der Waals surface area contributed by atoms with E-state index in [9.17, 15) is 43.2 Å². The van der Waals surface area contributed by atoms with Crippen LogP contribution in [-0.4, -0.2) is 96.7 Å². The summed E-state index contributed by atoms with van der Waals surface area (Å²) in [6, 6.07) is 0. The number of unbranched alkanes of at least 4 members (excludes halogenated alkanes) is 45. The summed E-state index contributed by atoms with van der Waals surface area (Å²) in [6.07, 6.45) is 53.9. The van der Waals surface area contributed by atoms with Crippen LogP contribution >= 0.6 is 15.6 Å². The number of phosphoric acid groups is 2. The SMILES string of the molecule is CCCCCCCCCCCCCCCCCC(=O)O[C@H](COC(=O)CCCCCCCCCCCCCCCC)COP(=O)(O)OC[C@@H](O)COP(=O)(O)OC[C@@H](COC(=O)CCCCCCCCCCCCC)OC(=O)CCCCCCCCCCCC(C)C. The van der Waals surface area contributed by atoms with Crippen molar-refractivity contribution in [1.82, 2.24) is 0 Å². The van der Waals surface area contributed by atoms with Crippen molar-refractivity contribution in [3.8, 4) is 0 Å². The predicted octanol–water partition coefficient (Wildman–Crippen LogP) is 21.3. The number of esters is 4. The Morgan fingerprint density at radius 1 is 0.293 bits per heavy atom. The zero-order chi connectivity index (χ0) is 67.7. The van der Waals surface area contributed by atoms with E-state index < -0.39 is 97.5 Å². The minimum atomic E-state index is -4.95. The third kappa shape index (κ3) is 66.7. The van der Waals surface area contributed by atoms with Gasteiger partial charge in [0.1, 0.15) is 19.3 Å². The van der Waals surface area contributed by atoms with Gasteiger partial charge in [0, 0.05) is 25.7 Å². The number of aliphatic hydroxyl groups excluding tert-OH is 1. The Morgan fingerprint density at radius 3 is 0.739 bits per heavy atom. The maximum absolute atomic E-state index is 13.1. The van der Waals surface area contributed by atoms with Gasteiger partial charge in [-0.05, 0) is 31.6 Å². The second-order valence-corrected chi connectivity index (χ2v) is 29.7. The van der Waals surface area contributed by atoms with Crippen LogP contribution in [0.15, 0.2) is 0 Å². The molecule has 17 nitrogen and oxygen atoms in total. The summed E-state index contributed by atoms with van der Waals surface area (Å²) >= 11 is 0. The maximum Gasteiger partial charge on any atom is 0.472 e. The van der Waals surface area contributed by atoms with Crippen molar-refractivity contribution in [2.45, 2.75) is 400 Å². The van der Waals surface area contributed by atoms with E-state index in [1.165, 1.54) is 205 Å². The highest BCUT2D eigenvalue weighted by Gasteiger charge is 2.30. The summed E-state index contributed by atoms with van der Waals surface area (Å²) in [7, 11) is -9.90. The van der Waals surface area contributed by atoms with Crippen molar-refractivity contribution in [3.63, 3.8) is 0 Å². The summed E-state index contributed by atoms with van der Waals surface area (Å²) in [6.45, 7) is 7.25. The van der Waals surface area contributed by atoms with E-state index in [2.05, 4.69) is 34.6 Å². The molecule has 0 aromatic heterocycles. The van der Waals surface area contributed by atoms with Gasteiger partial charge < -0.3 is 33.8 Å². The Hall–Kier alpha value is -1.94. The van der Waals surface area contributed by atoms with Gasteiger partial charge in [-0.1, -0.05) is 330 Å². The highest BCUT2D eigenvalue weighted by Crippen LogP contribution is 2.45. The first-order chi connectivity index (χ1) is 44.5. The van der Waals surface area contributed by atoms with Crippen molar-refractivity contribution >= 4 is 39.5 Å². The summed E-state index contributed by atoms with van der Waals surface area (Å²) in [5.41, 5.74) is 0. The molecular weight excluding hydrogens is 1210 g/mol. The molecule has 0 radical (unpaired) electrons. The lowest BCUT2D eigenvalue weighted by atomic mass is 10.0. The van der Waals surface area contributed by atoms with E-state index in [0.29, 0.717) is 25.7 Å². The van der Waals surface area contributed by atoms with Crippen molar-refractivity contribution < 1.29 is 80.2 Å². The molecule has 3 N–H and O–H groups in total. The van der Waals surface area contributed by atoms with Crippen molar-refractivity contribution in [1.29, 1.82) is 0 Å². The molecule has 0 aromatic rings. The molecule has 0 amide bonds. The highest BCUT2D eigenvalue weighted by atomic mass is 31.2. The van der Waals surface area contributed by atoms with Gasteiger partial charge in [0.05, 0.1) is 26.4 Å². The normalized spacial score (nSPS) is 14.0. The molecule has 0 aliphatic carbocycles. The maximum atomic E-state index is 13.1. The zero-order valence-electron chi connectivity index (χ0n) is 59.7. The molecule has 0 aliphatic heterocycles. The fourth-order valence-electron chi connectivity index (χ4n) is 11.2. The zero-order valence-corrected chi connectivity index (χ0v) is 61.5. The Labute approximate surface area is 562 Å². The van der Waals surface area contributed by atoms with Crippen LogP contribution in [0, 0.1) is 5.92 Å². The fraction of sp³-hybridized carbons (Fsp3) is 0.945. The number of aliphatic hydroxyl groups is 1. The van der Waals surface area contributed by atoms with E-state index in [0.717, 1.165) is 95.8 Å². The summed E-state index contributed by atoms with van der Waals surface area (Å²) in [4.78, 5) is 72.7. The molecule has 546 valence electrons. The quantitative estimate of drug-likeness (QED) is 0.0222. The monoisotopic (exact) mass is 1350 g/mol. The lowest BCUT2D eigenvalue weighted by Crippen LogP contribution is -2.30. The van der Waals surface area contributed by atoms with Gasteiger partial charge in [-0.25, -0.2) is 9.13 Å². The van der Waals surface area contributed by atoms with Crippen molar-refractivity contribution in [2.24, 2.45) is 5.92 Å². The largest absolute Gasteiger partial charge is 0.472 e. The van der Waals surface area contributed by atoms with E-state index in [4.69, 9.17) is 37.0 Å². The van der Waals surface area contributed by atoms with E-state index in [1.807, 2.05) is 0 Å². The Bertz CT molecular complexity index is 1770. The number of carbonyl (C=O) groups excluding carboxylic acids is 4. The van der Waals surface area contributed by atoms with Gasteiger partial charge in [0.25, 0.3) is 0 Å². The molecule has 2 unspecified atom stereocenters. The number of ether oxygens (including phenoxy) is 4. The van der Waals surface area contributed by atoms with Gasteiger partial charge in [-0.15, -0.1) is 0 Å². The molecule has 0 rings (SSSR count). The Kier molecular flexibility index (Phi) is 64.9. The fourth-order valence-corrected chi connectivity index (χ4v) is 12.8. The minimum absolute atomic E-state index is 0.106. The molecular formula is C73H142O17P2. The third-order valence-corrected chi connectivity index (χ3v) is 18.9. The molecule has 0 aliphatic rings. The molecule has 0 aromatic carbocycles. The van der Waals surface area contributed by atoms with Crippen LogP contribution in [0.1, 0.15) is 381 Å². The molecule has 92 heavy (non-hydrogen) atoms. The topological polar surface area (TPSA) is 237 Å². The molecule has 0 saturated heterocycles. The molecule has 0 fully saturated rings. The Morgan fingerprint density at radius 2 is 0.500 bits per heavy atom. The average Bonchev–Trinajstić information content (AvgIpc) is 1.70. The number of hydrogen-bond acceptors (Lipinski definition) is 15. The summed E-state index contributed by atoms with van der Waals surface area (Å²) < 4.78 is 68.4. The smallest absolute Gasteiger partial charge is 0.462 e.